The molecule has 0 unspecified atom stereocenters. The minimum Gasteiger partial charge on any atom is -0.355 e. The van der Waals surface area contributed by atoms with Crippen LogP contribution >= 0.6 is 0 Å². The van der Waals surface area contributed by atoms with Crippen LogP contribution in [0.1, 0.15) is 30.7 Å². The first-order chi connectivity index (χ1) is 17.4. The molecular weight excluding hydrogens is 496 g/mol. The molecule has 4 aromatic rings. The van der Waals surface area contributed by atoms with Crippen molar-refractivity contribution in [3.8, 4) is 11.4 Å². The van der Waals surface area contributed by atoms with E-state index in [-0.39, 0.29) is 17.0 Å². The van der Waals surface area contributed by atoms with E-state index in [9.17, 15) is 26.3 Å². The molecule has 0 atom stereocenters. The van der Waals surface area contributed by atoms with Crippen LogP contribution in [0, 0.1) is 5.92 Å². The number of halogens is 6. The molecule has 0 saturated carbocycles. The van der Waals surface area contributed by atoms with Crippen LogP contribution in [0.25, 0.3) is 22.4 Å². The van der Waals surface area contributed by atoms with E-state index >= 15 is 0 Å². The van der Waals surface area contributed by atoms with Gasteiger partial charge in [0, 0.05) is 23.8 Å². The number of nitrogens with zero attached hydrogens (tertiary/aromatic N) is 3. The van der Waals surface area contributed by atoms with E-state index in [4.69, 9.17) is 0 Å². The third kappa shape index (κ3) is 6.34. The number of hydrogen-bond donors (Lipinski definition) is 2. The van der Waals surface area contributed by atoms with Crippen LogP contribution in [-0.2, 0) is 18.9 Å². The van der Waals surface area contributed by atoms with Crippen LogP contribution in [0.4, 0.5) is 37.7 Å². The number of pyridine rings is 3. The van der Waals surface area contributed by atoms with E-state index in [0.717, 1.165) is 18.2 Å². The normalized spacial score (nSPS) is 12.4. The molecule has 0 aliphatic heterocycles. The van der Waals surface area contributed by atoms with Gasteiger partial charge in [-0.05, 0) is 67.1 Å². The van der Waals surface area contributed by atoms with Crippen LogP contribution in [-0.4, -0.2) is 21.5 Å². The van der Waals surface area contributed by atoms with Gasteiger partial charge in [-0.15, -0.1) is 0 Å². The third-order valence-corrected chi connectivity index (χ3v) is 5.43. The van der Waals surface area contributed by atoms with Gasteiger partial charge < -0.3 is 10.6 Å². The standard InChI is InChI=1S/C26H23F6N5/c1-15(2)13-33-14-18-12-22(35-17-7-5-16(6-8-17)25(27,28)29)19-9-10-21(37-24(19)36-18)23-20(26(30,31)32)4-3-11-34-23/h3-12,15,33H,13-14H2,1-2H3,(H,35,36,37). The average molecular weight is 519 g/mol. The summed E-state index contributed by atoms with van der Waals surface area (Å²) in [5.41, 5.74) is -0.381. The van der Waals surface area contributed by atoms with Crippen molar-refractivity contribution in [2.75, 3.05) is 11.9 Å². The van der Waals surface area contributed by atoms with Gasteiger partial charge in [0.05, 0.1) is 28.2 Å². The van der Waals surface area contributed by atoms with Gasteiger partial charge in [0.15, 0.2) is 5.65 Å². The summed E-state index contributed by atoms with van der Waals surface area (Å²) in [6.07, 6.45) is -7.82. The number of nitrogens with one attached hydrogen (secondary N) is 2. The van der Waals surface area contributed by atoms with Gasteiger partial charge >= 0.3 is 12.4 Å². The molecule has 0 aliphatic carbocycles. The second-order valence-corrected chi connectivity index (χ2v) is 8.85. The Morgan fingerprint density at radius 1 is 0.865 bits per heavy atom. The first-order valence-corrected chi connectivity index (χ1v) is 11.4. The van der Waals surface area contributed by atoms with Gasteiger partial charge in [-0.3, -0.25) is 4.98 Å². The zero-order valence-electron chi connectivity index (χ0n) is 19.9. The van der Waals surface area contributed by atoms with Crippen LogP contribution < -0.4 is 10.6 Å². The van der Waals surface area contributed by atoms with Crippen molar-refractivity contribution >= 4 is 22.4 Å². The van der Waals surface area contributed by atoms with E-state index in [1.54, 1.807) is 12.1 Å². The number of anilines is 2. The Labute approximate surface area is 209 Å². The summed E-state index contributed by atoms with van der Waals surface area (Å²) in [6, 6.07) is 11.4. The zero-order chi connectivity index (χ0) is 26.8. The highest BCUT2D eigenvalue weighted by Crippen LogP contribution is 2.36. The van der Waals surface area contributed by atoms with Gasteiger partial charge in [-0.2, -0.15) is 26.3 Å². The van der Waals surface area contributed by atoms with E-state index in [1.165, 1.54) is 30.5 Å². The van der Waals surface area contributed by atoms with Gasteiger partial charge in [0.2, 0.25) is 0 Å². The van der Waals surface area contributed by atoms with E-state index in [2.05, 4.69) is 25.6 Å². The van der Waals surface area contributed by atoms with Crippen molar-refractivity contribution in [3.63, 3.8) is 0 Å². The fraction of sp³-hybridized carbons (Fsp3) is 0.269. The summed E-state index contributed by atoms with van der Waals surface area (Å²) in [4.78, 5) is 12.8. The lowest BCUT2D eigenvalue weighted by Crippen LogP contribution is -2.19. The van der Waals surface area contributed by atoms with Gasteiger partial charge in [-0.1, -0.05) is 13.8 Å². The number of rotatable bonds is 7. The molecule has 1 aromatic carbocycles. The molecule has 0 bridgehead atoms. The highest BCUT2D eigenvalue weighted by atomic mass is 19.4. The Bertz CT molecular complexity index is 1380. The fourth-order valence-electron chi connectivity index (χ4n) is 3.71. The molecule has 11 heteroatoms. The van der Waals surface area contributed by atoms with Crippen molar-refractivity contribution in [2.45, 2.75) is 32.7 Å². The largest absolute Gasteiger partial charge is 0.418 e. The van der Waals surface area contributed by atoms with Crippen LogP contribution in [0.5, 0.6) is 0 Å². The highest BCUT2D eigenvalue weighted by molar-refractivity contribution is 5.92. The Kier molecular flexibility index (Phi) is 7.35. The van der Waals surface area contributed by atoms with E-state index in [0.29, 0.717) is 41.5 Å². The smallest absolute Gasteiger partial charge is 0.355 e. The molecule has 0 amide bonds. The van der Waals surface area contributed by atoms with Crippen molar-refractivity contribution < 1.29 is 26.3 Å². The first kappa shape index (κ1) is 26.3. The molecular formula is C26H23F6N5. The molecule has 3 heterocycles. The summed E-state index contributed by atoms with van der Waals surface area (Å²) in [6.45, 7) is 5.14. The minimum atomic E-state index is -4.62. The number of fused-ring (bicyclic) bond motifs is 1. The Hall–Kier alpha value is -3.73. The topological polar surface area (TPSA) is 62.7 Å². The van der Waals surface area contributed by atoms with Crippen LogP contribution in [0.2, 0.25) is 0 Å². The molecule has 0 saturated heterocycles. The number of hydrogen-bond acceptors (Lipinski definition) is 5. The Balaban J connectivity index is 1.77. The Morgan fingerprint density at radius 2 is 1.59 bits per heavy atom. The maximum atomic E-state index is 13.6. The molecule has 0 fully saturated rings. The van der Waals surface area contributed by atoms with Crippen molar-refractivity contribution in [1.82, 2.24) is 20.3 Å². The number of alkyl halides is 6. The predicted octanol–water partition coefficient (Wildman–Crippen LogP) is 7.22. The quantitative estimate of drug-likeness (QED) is 0.253. The zero-order valence-corrected chi connectivity index (χ0v) is 19.9. The molecule has 0 aliphatic rings. The molecule has 37 heavy (non-hydrogen) atoms. The monoisotopic (exact) mass is 519 g/mol. The number of aromatic nitrogens is 3. The molecule has 5 nitrogen and oxygen atoms in total. The molecule has 3 aromatic heterocycles. The lowest BCUT2D eigenvalue weighted by Gasteiger charge is -2.15. The lowest BCUT2D eigenvalue weighted by atomic mass is 10.1. The van der Waals surface area contributed by atoms with Gasteiger partial charge in [0.25, 0.3) is 0 Å². The van der Waals surface area contributed by atoms with Crippen molar-refractivity contribution in [1.29, 1.82) is 0 Å². The van der Waals surface area contributed by atoms with Crippen LogP contribution in [0.15, 0.2) is 60.8 Å². The summed E-state index contributed by atoms with van der Waals surface area (Å²) >= 11 is 0. The van der Waals surface area contributed by atoms with E-state index in [1.807, 2.05) is 13.8 Å². The predicted molar refractivity (Wildman–Crippen MR) is 129 cm³/mol. The maximum Gasteiger partial charge on any atom is 0.418 e. The second-order valence-electron chi connectivity index (χ2n) is 8.85. The van der Waals surface area contributed by atoms with E-state index < -0.39 is 23.5 Å². The summed E-state index contributed by atoms with van der Waals surface area (Å²) in [7, 11) is 0. The molecule has 2 N–H and O–H groups in total. The molecule has 194 valence electrons. The Morgan fingerprint density at radius 3 is 2.24 bits per heavy atom. The lowest BCUT2D eigenvalue weighted by molar-refractivity contribution is -0.138. The van der Waals surface area contributed by atoms with Gasteiger partial charge in [0.1, 0.15) is 5.69 Å². The summed E-state index contributed by atoms with van der Waals surface area (Å²) in [5, 5.41) is 6.83. The SMILES string of the molecule is CC(C)CNCc1cc(Nc2ccc(C(F)(F)F)cc2)c2ccc(-c3ncccc3C(F)(F)F)nc2n1. The highest BCUT2D eigenvalue weighted by Gasteiger charge is 2.34. The maximum absolute atomic E-state index is 13.6. The summed E-state index contributed by atoms with van der Waals surface area (Å²) < 4.78 is 79.5. The second kappa shape index (κ2) is 10.3. The summed E-state index contributed by atoms with van der Waals surface area (Å²) in [5.74, 6) is 0.375. The number of benzene rings is 1. The molecule has 0 radical (unpaired) electrons. The van der Waals surface area contributed by atoms with Crippen molar-refractivity contribution in [3.05, 3.63) is 77.6 Å². The average Bonchev–Trinajstić information content (AvgIpc) is 2.83. The minimum absolute atomic E-state index is 0.000643. The fourth-order valence-corrected chi connectivity index (χ4v) is 3.71. The third-order valence-electron chi connectivity index (χ3n) is 5.43. The van der Waals surface area contributed by atoms with Gasteiger partial charge in [-0.25, -0.2) is 9.97 Å². The van der Waals surface area contributed by atoms with Crippen LogP contribution in [0.3, 0.4) is 0 Å². The molecule has 0 spiro atoms. The van der Waals surface area contributed by atoms with Crippen molar-refractivity contribution in [2.24, 2.45) is 5.92 Å². The first-order valence-electron chi connectivity index (χ1n) is 11.4. The molecule has 4 rings (SSSR count).